The van der Waals surface area contributed by atoms with Gasteiger partial charge in [-0.1, -0.05) is 6.07 Å². The van der Waals surface area contributed by atoms with Crippen molar-refractivity contribution in [3.05, 3.63) is 46.8 Å². The topological polar surface area (TPSA) is 96.7 Å². The van der Waals surface area contributed by atoms with Crippen molar-refractivity contribution in [2.45, 2.75) is 33.6 Å². The number of carbonyl (C=O) groups is 2. The zero-order valence-corrected chi connectivity index (χ0v) is 13.8. The fourth-order valence-electron chi connectivity index (χ4n) is 2.28. The van der Waals surface area contributed by atoms with Crippen LogP contribution in [0.25, 0.3) is 0 Å². The van der Waals surface area contributed by atoms with E-state index < -0.39 is 11.8 Å². The first-order chi connectivity index (χ1) is 11.3. The van der Waals surface area contributed by atoms with Crippen LogP contribution in [0.4, 0.5) is 0 Å². The van der Waals surface area contributed by atoms with Crippen LogP contribution in [0.3, 0.4) is 0 Å². The number of hydrogen-bond acceptors (Lipinski definition) is 5. The van der Waals surface area contributed by atoms with Crippen LogP contribution in [0.15, 0.2) is 24.4 Å². The number of carbonyl (C=O) groups excluding carboxylic acids is 1. The molecular formula is C18H19NO5. The van der Waals surface area contributed by atoms with E-state index in [9.17, 15) is 14.7 Å². The third-order valence-electron chi connectivity index (χ3n) is 3.66. The van der Waals surface area contributed by atoms with E-state index in [0.717, 1.165) is 16.7 Å². The average molecular weight is 329 g/mol. The highest BCUT2D eigenvalue weighted by Gasteiger charge is 2.16. The zero-order chi connectivity index (χ0) is 17.9. The van der Waals surface area contributed by atoms with Crippen LogP contribution in [0.5, 0.6) is 17.2 Å². The number of hydrogen-bond donors (Lipinski definition) is 2. The molecule has 24 heavy (non-hydrogen) atoms. The lowest BCUT2D eigenvalue weighted by atomic mass is 10.1. The van der Waals surface area contributed by atoms with Crippen molar-refractivity contribution in [2.75, 3.05) is 0 Å². The Kier molecular flexibility index (Phi) is 5.18. The molecular weight excluding hydrogens is 310 g/mol. The lowest BCUT2D eigenvalue weighted by molar-refractivity contribution is -0.136. The second-order valence-corrected chi connectivity index (χ2v) is 5.66. The zero-order valence-electron chi connectivity index (χ0n) is 13.8. The van der Waals surface area contributed by atoms with Crippen LogP contribution in [0.2, 0.25) is 0 Å². The summed E-state index contributed by atoms with van der Waals surface area (Å²) in [6, 6.07) is 5.23. The SMILES string of the molecule is Cc1cc(C)c(C)c(Oc2cnc(C(=O)CCC(=O)O)c(O)c2)c1. The molecule has 1 heterocycles. The molecule has 6 nitrogen and oxygen atoms in total. The number of rotatable bonds is 6. The summed E-state index contributed by atoms with van der Waals surface area (Å²) in [5, 5.41) is 18.6. The van der Waals surface area contributed by atoms with Gasteiger partial charge in [-0.05, 0) is 43.5 Å². The van der Waals surface area contributed by atoms with E-state index in [-0.39, 0.29) is 24.3 Å². The molecule has 0 atom stereocenters. The van der Waals surface area contributed by atoms with Gasteiger partial charge >= 0.3 is 5.97 Å². The standard InChI is InChI=1S/C18H19NO5/c1-10-6-11(2)12(3)16(7-10)24-13-8-15(21)18(19-9-13)14(20)4-5-17(22)23/h6-9,21H,4-5H2,1-3H3,(H,22,23). The van der Waals surface area contributed by atoms with Crippen molar-refractivity contribution in [1.29, 1.82) is 0 Å². The fraction of sp³-hybridized carbons (Fsp3) is 0.278. The molecule has 0 radical (unpaired) electrons. The van der Waals surface area contributed by atoms with Gasteiger partial charge in [0.25, 0.3) is 0 Å². The van der Waals surface area contributed by atoms with Crippen molar-refractivity contribution < 1.29 is 24.5 Å². The molecule has 0 aliphatic heterocycles. The van der Waals surface area contributed by atoms with Crippen LogP contribution in [0.1, 0.15) is 40.0 Å². The predicted molar refractivity (Wildman–Crippen MR) is 87.8 cm³/mol. The average Bonchev–Trinajstić information content (AvgIpc) is 2.50. The summed E-state index contributed by atoms with van der Waals surface area (Å²) in [5.41, 5.74) is 2.95. The molecule has 6 heteroatoms. The second-order valence-electron chi connectivity index (χ2n) is 5.66. The van der Waals surface area contributed by atoms with Crippen molar-refractivity contribution in [1.82, 2.24) is 4.98 Å². The summed E-state index contributed by atoms with van der Waals surface area (Å²) in [6.07, 6.45) is 0.817. The first-order valence-corrected chi connectivity index (χ1v) is 7.47. The number of pyridine rings is 1. The van der Waals surface area contributed by atoms with Crippen LogP contribution >= 0.6 is 0 Å². The number of aromatic nitrogens is 1. The van der Waals surface area contributed by atoms with Crippen LogP contribution in [-0.2, 0) is 4.79 Å². The highest BCUT2D eigenvalue weighted by atomic mass is 16.5. The van der Waals surface area contributed by atoms with Crippen LogP contribution in [0, 0.1) is 20.8 Å². The maximum absolute atomic E-state index is 11.9. The van der Waals surface area contributed by atoms with Crippen molar-refractivity contribution in [2.24, 2.45) is 0 Å². The molecule has 0 fully saturated rings. The van der Waals surface area contributed by atoms with Crippen LogP contribution < -0.4 is 4.74 Å². The normalized spacial score (nSPS) is 10.5. The Morgan fingerprint density at radius 3 is 2.46 bits per heavy atom. The molecule has 1 aromatic carbocycles. The van der Waals surface area contributed by atoms with Gasteiger partial charge < -0.3 is 14.9 Å². The van der Waals surface area contributed by atoms with Gasteiger partial charge in [0.1, 0.15) is 22.9 Å². The largest absolute Gasteiger partial charge is 0.505 e. The Morgan fingerprint density at radius 2 is 1.83 bits per heavy atom. The van der Waals surface area contributed by atoms with E-state index >= 15 is 0 Å². The maximum atomic E-state index is 11.9. The van der Waals surface area contributed by atoms with Crippen LogP contribution in [-0.4, -0.2) is 26.9 Å². The molecule has 0 amide bonds. The van der Waals surface area contributed by atoms with Gasteiger partial charge in [-0.2, -0.15) is 0 Å². The number of aromatic hydroxyl groups is 1. The number of Topliss-reactive ketones (excluding diaryl/α,β-unsaturated/α-hetero) is 1. The molecule has 126 valence electrons. The van der Waals surface area contributed by atoms with Gasteiger partial charge in [0.2, 0.25) is 0 Å². The molecule has 0 aliphatic carbocycles. The molecule has 2 aromatic rings. The molecule has 0 aliphatic rings. The minimum Gasteiger partial charge on any atom is -0.505 e. The monoisotopic (exact) mass is 329 g/mol. The summed E-state index contributed by atoms with van der Waals surface area (Å²) in [6.45, 7) is 5.87. The molecule has 0 saturated carbocycles. The number of aryl methyl sites for hydroxylation is 2. The highest BCUT2D eigenvalue weighted by Crippen LogP contribution is 2.30. The maximum Gasteiger partial charge on any atom is 0.303 e. The third kappa shape index (κ3) is 4.10. The molecule has 0 saturated heterocycles. The van der Waals surface area contributed by atoms with E-state index in [0.29, 0.717) is 11.5 Å². The van der Waals surface area contributed by atoms with Gasteiger partial charge in [-0.3, -0.25) is 9.59 Å². The molecule has 1 aromatic heterocycles. The fourth-order valence-corrected chi connectivity index (χ4v) is 2.28. The number of benzene rings is 1. The number of aliphatic carboxylic acids is 1. The van der Waals surface area contributed by atoms with Gasteiger partial charge in [0, 0.05) is 12.5 Å². The molecule has 2 N–H and O–H groups in total. The summed E-state index contributed by atoms with van der Waals surface area (Å²) >= 11 is 0. The number of carboxylic acid groups (broad SMARTS) is 1. The summed E-state index contributed by atoms with van der Waals surface area (Å²) < 4.78 is 5.76. The Balaban J connectivity index is 2.21. The van der Waals surface area contributed by atoms with E-state index in [1.165, 1.54) is 12.3 Å². The molecule has 2 rings (SSSR count). The lowest BCUT2D eigenvalue weighted by Crippen LogP contribution is -2.06. The Hall–Kier alpha value is -2.89. The van der Waals surface area contributed by atoms with Crippen molar-refractivity contribution in [3.63, 3.8) is 0 Å². The minimum atomic E-state index is -1.08. The van der Waals surface area contributed by atoms with Crippen molar-refractivity contribution in [3.8, 4) is 17.2 Å². The predicted octanol–water partition coefficient (Wildman–Crippen LogP) is 3.55. The smallest absolute Gasteiger partial charge is 0.303 e. The van der Waals surface area contributed by atoms with E-state index in [1.807, 2.05) is 32.9 Å². The van der Waals surface area contributed by atoms with Gasteiger partial charge in [-0.15, -0.1) is 0 Å². The van der Waals surface area contributed by atoms with E-state index in [1.54, 1.807) is 0 Å². The summed E-state index contributed by atoms with van der Waals surface area (Å²) in [7, 11) is 0. The number of carboxylic acids is 1. The molecule has 0 spiro atoms. The van der Waals surface area contributed by atoms with Gasteiger partial charge in [0.05, 0.1) is 12.6 Å². The Labute approximate surface area is 139 Å². The summed E-state index contributed by atoms with van der Waals surface area (Å²) in [5.74, 6) is -0.976. The quantitative estimate of drug-likeness (QED) is 0.787. The molecule has 0 bridgehead atoms. The lowest BCUT2D eigenvalue weighted by Gasteiger charge is -2.12. The van der Waals surface area contributed by atoms with E-state index in [4.69, 9.17) is 9.84 Å². The number of ether oxygens (including phenoxy) is 1. The Bertz CT molecular complexity index is 798. The summed E-state index contributed by atoms with van der Waals surface area (Å²) in [4.78, 5) is 26.3. The highest BCUT2D eigenvalue weighted by molar-refractivity contribution is 5.98. The van der Waals surface area contributed by atoms with Crippen molar-refractivity contribution >= 4 is 11.8 Å². The number of ketones is 1. The second kappa shape index (κ2) is 7.12. The first-order valence-electron chi connectivity index (χ1n) is 7.47. The third-order valence-corrected chi connectivity index (χ3v) is 3.66. The van der Waals surface area contributed by atoms with Gasteiger partial charge in [-0.25, -0.2) is 4.98 Å². The number of nitrogens with zero attached hydrogens (tertiary/aromatic N) is 1. The van der Waals surface area contributed by atoms with E-state index in [2.05, 4.69) is 4.98 Å². The Morgan fingerprint density at radius 1 is 1.12 bits per heavy atom. The first kappa shape index (κ1) is 17.5. The minimum absolute atomic E-state index is 0.152. The van der Waals surface area contributed by atoms with Gasteiger partial charge in [0.15, 0.2) is 5.78 Å². The molecule has 0 unspecified atom stereocenters.